The van der Waals surface area contributed by atoms with Crippen LogP contribution in [0.3, 0.4) is 0 Å². The first kappa shape index (κ1) is 21.4. The smallest absolute Gasteiger partial charge is 0.422 e. The van der Waals surface area contributed by atoms with E-state index in [1.165, 1.54) is 22.9 Å². The number of alkyl halides is 3. The van der Waals surface area contributed by atoms with Crippen molar-refractivity contribution in [2.45, 2.75) is 19.1 Å². The summed E-state index contributed by atoms with van der Waals surface area (Å²) in [5.41, 5.74) is 0.808. The van der Waals surface area contributed by atoms with E-state index in [9.17, 15) is 23.1 Å². The summed E-state index contributed by atoms with van der Waals surface area (Å²) in [6, 6.07) is 17.2. The van der Waals surface area contributed by atoms with Crippen LogP contribution >= 0.6 is 0 Å². The lowest BCUT2D eigenvalue weighted by molar-refractivity contribution is -0.153. The normalized spacial score (nSPS) is 11.6. The summed E-state index contributed by atoms with van der Waals surface area (Å²) in [4.78, 5) is 21.8. The Kier molecular flexibility index (Phi) is 5.81. The molecule has 0 saturated carbocycles. The number of nitrogens with zero attached hydrogens (tertiary/aromatic N) is 3. The molecule has 6 nitrogen and oxygen atoms in total. The third-order valence-corrected chi connectivity index (χ3v) is 4.82. The minimum atomic E-state index is -4.58. The van der Waals surface area contributed by atoms with Gasteiger partial charge < -0.3 is 9.84 Å². The lowest BCUT2D eigenvalue weighted by Gasteiger charge is -2.16. The van der Waals surface area contributed by atoms with Gasteiger partial charge in [-0.05, 0) is 30.2 Å². The number of phenolic OH excluding ortho intramolecular Hbond substituents is 1. The van der Waals surface area contributed by atoms with Crippen molar-refractivity contribution >= 4 is 10.9 Å². The molecule has 4 aromatic rings. The van der Waals surface area contributed by atoms with Gasteiger partial charge in [0.15, 0.2) is 6.61 Å². The van der Waals surface area contributed by atoms with Crippen LogP contribution in [0.25, 0.3) is 22.3 Å². The molecule has 0 radical (unpaired) electrons. The van der Waals surface area contributed by atoms with Gasteiger partial charge in [0, 0.05) is 12.7 Å². The number of ether oxygens (including phenoxy) is 1. The van der Waals surface area contributed by atoms with Crippen molar-refractivity contribution in [1.82, 2.24) is 14.5 Å². The fraction of sp³-hybridized carbons (Fsp3) is 0.174. The van der Waals surface area contributed by atoms with Gasteiger partial charge in [-0.1, -0.05) is 42.5 Å². The second-order valence-electron chi connectivity index (χ2n) is 7.06. The molecule has 4 rings (SSSR count). The molecule has 0 atom stereocenters. The topological polar surface area (TPSA) is 77.2 Å². The van der Waals surface area contributed by atoms with Crippen LogP contribution in [0.5, 0.6) is 11.6 Å². The Morgan fingerprint density at radius 3 is 2.44 bits per heavy atom. The van der Waals surface area contributed by atoms with E-state index in [1.807, 2.05) is 30.3 Å². The van der Waals surface area contributed by atoms with Gasteiger partial charge in [-0.15, -0.1) is 0 Å². The summed E-state index contributed by atoms with van der Waals surface area (Å²) in [6.07, 6.45) is -2.89. The maximum absolute atomic E-state index is 13.4. The molecule has 0 spiro atoms. The zero-order chi connectivity index (χ0) is 22.7. The Hall–Kier alpha value is -3.88. The van der Waals surface area contributed by atoms with Crippen molar-refractivity contribution in [2.24, 2.45) is 0 Å². The first-order valence-corrected chi connectivity index (χ1v) is 9.75. The van der Waals surface area contributed by atoms with Crippen LogP contribution in [0.2, 0.25) is 0 Å². The number of para-hydroxylation sites is 1. The molecule has 0 bridgehead atoms. The maximum Gasteiger partial charge on any atom is 0.422 e. The molecule has 164 valence electrons. The SMILES string of the molecule is O=c1c2c(OCC(F)(F)F)nccc2nc(-c2ccccc2O)n1CCc1ccccc1. The van der Waals surface area contributed by atoms with Gasteiger partial charge in [0.05, 0.1) is 11.1 Å². The van der Waals surface area contributed by atoms with E-state index in [0.29, 0.717) is 12.0 Å². The van der Waals surface area contributed by atoms with Gasteiger partial charge >= 0.3 is 6.18 Å². The van der Waals surface area contributed by atoms with Crippen molar-refractivity contribution in [3.05, 3.63) is 82.8 Å². The molecule has 0 amide bonds. The summed E-state index contributed by atoms with van der Waals surface area (Å²) in [5.74, 6) is -0.311. The van der Waals surface area contributed by atoms with Gasteiger partial charge in [0.1, 0.15) is 17.0 Å². The van der Waals surface area contributed by atoms with E-state index < -0.39 is 24.2 Å². The molecule has 0 unspecified atom stereocenters. The Bertz CT molecular complexity index is 1300. The Balaban J connectivity index is 1.87. The maximum atomic E-state index is 13.4. The highest BCUT2D eigenvalue weighted by Gasteiger charge is 2.29. The van der Waals surface area contributed by atoms with Gasteiger partial charge in [-0.3, -0.25) is 9.36 Å². The second-order valence-corrected chi connectivity index (χ2v) is 7.06. The average molecular weight is 441 g/mol. The average Bonchev–Trinajstić information content (AvgIpc) is 2.77. The lowest BCUT2D eigenvalue weighted by atomic mass is 10.1. The quantitative estimate of drug-likeness (QED) is 0.482. The van der Waals surface area contributed by atoms with E-state index >= 15 is 0 Å². The fourth-order valence-electron chi connectivity index (χ4n) is 3.35. The monoisotopic (exact) mass is 441 g/mol. The molecule has 2 aromatic carbocycles. The number of hydrogen-bond donors (Lipinski definition) is 1. The molecule has 0 aliphatic carbocycles. The Morgan fingerprint density at radius 2 is 1.72 bits per heavy atom. The second kappa shape index (κ2) is 8.70. The molecule has 32 heavy (non-hydrogen) atoms. The van der Waals surface area contributed by atoms with Crippen LogP contribution in [0.4, 0.5) is 13.2 Å². The number of halogens is 3. The van der Waals surface area contributed by atoms with Gasteiger partial charge in [0.2, 0.25) is 5.88 Å². The largest absolute Gasteiger partial charge is 0.507 e. The first-order chi connectivity index (χ1) is 15.3. The van der Waals surface area contributed by atoms with Crippen LogP contribution in [0.1, 0.15) is 5.56 Å². The lowest BCUT2D eigenvalue weighted by Crippen LogP contribution is -2.26. The highest BCUT2D eigenvalue weighted by atomic mass is 19.4. The molecule has 2 aromatic heterocycles. The van der Waals surface area contributed by atoms with E-state index in [4.69, 9.17) is 4.74 Å². The molecule has 0 fully saturated rings. The molecular weight excluding hydrogens is 423 g/mol. The predicted octanol–water partition coefficient (Wildman–Crippen LogP) is 4.35. The third-order valence-electron chi connectivity index (χ3n) is 4.82. The number of aromatic hydroxyl groups is 1. The van der Waals surface area contributed by atoms with Crippen molar-refractivity contribution < 1.29 is 23.0 Å². The fourth-order valence-corrected chi connectivity index (χ4v) is 3.35. The van der Waals surface area contributed by atoms with Crippen molar-refractivity contribution in [1.29, 1.82) is 0 Å². The molecule has 1 N–H and O–H groups in total. The van der Waals surface area contributed by atoms with E-state index in [1.54, 1.807) is 18.2 Å². The number of fused-ring (bicyclic) bond motifs is 1. The highest BCUT2D eigenvalue weighted by Crippen LogP contribution is 2.29. The van der Waals surface area contributed by atoms with Crippen molar-refractivity contribution in [2.75, 3.05) is 6.61 Å². The zero-order valence-electron chi connectivity index (χ0n) is 16.7. The van der Waals surface area contributed by atoms with Gasteiger partial charge in [0.25, 0.3) is 5.56 Å². The van der Waals surface area contributed by atoms with E-state index in [0.717, 1.165) is 5.56 Å². The summed E-state index contributed by atoms with van der Waals surface area (Å²) in [6.45, 7) is -1.40. The van der Waals surface area contributed by atoms with Gasteiger partial charge in [-0.25, -0.2) is 9.97 Å². The standard InChI is InChI=1S/C23H18F3N3O3/c24-23(25,26)14-32-21-19-17(10-12-27-21)28-20(16-8-4-5-9-18(16)30)29(22(19)31)13-11-15-6-2-1-3-7-15/h1-10,12,30H,11,13-14H2. The number of hydrogen-bond acceptors (Lipinski definition) is 5. The minimum absolute atomic E-state index is 0.0742. The van der Waals surface area contributed by atoms with Crippen LogP contribution in [0.15, 0.2) is 71.7 Å². The van der Waals surface area contributed by atoms with Crippen LogP contribution in [-0.4, -0.2) is 32.4 Å². The van der Waals surface area contributed by atoms with Crippen LogP contribution in [-0.2, 0) is 13.0 Å². The molecule has 9 heteroatoms. The predicted molar refractivity (Wildman–Crippen MR) is 113 cm³/mol. The molecule has 0 aliphatic rings. The zero-order valence-corrected chi connectivity index (χ0v) is 16.7. The summed E-state index contributed by atoms with van der Waals surface area (Å²) in [5, 5.41) is 10.2. The number of aryl methyl sites for hydroxylation is 1. The number of benzene rings is 2. The summed E-state index contributed by atoms with van der Waals surface area (Å²) in [7, 11) is 0. The van der Waals surface area contributed by atoms with Crippen LogP contribution in [0, 0.1) is 0 Å². The van der Waals surface area contributed by atoms with Gasteiger partial charge in [-0.2, -0.15) is 13.2 Å². The summed E-state index contributed by atoms with van der Waals surface area (Å²) < 4.78 is 44.2. The highest BCUT2D eigenvalue weighted by molar-refractivity contribution is 5.84. The number of phenols is 1. The molecule has 2 heterocycles. The number of pyridine rings is 1. The molecule has 0 saturated heterocycles. The Morgan fingerprint density at radius 1 is 1.00 bits per heavy atom. The molecule has 0 aliphatic heterocycles. The number of rotatable bonds is 6. The number of aromatic nitrogens is 3. The van der Waals surface area contributed by atoms with E-state index in [2.05, 4.69) is 9.97 Å². The summed E-state index contributed by atoms with van der Waals surface area (Å²) >= 11 is 0. The van der Waals surface area contributed by atoms with Crippen LogP contribution < -0.4 is 10.3 Å². The third kappa shape index (κ3) is 4.56. The van der Waals surface area contributed by atoms with Crippen molar-refractivity contribution in [3.8, 4) is 23.0 Å². The Labute approximate surface area is 180 Å². The first-order valence-electron chi connectivity index (χ1n) is 9.75. The molecular formula is C23H18F3N3O3. The van der Waals surface area contributed by atoms with E-state index in [-0.39, 0.29) is 29.0 Å². The minimum Gasteiger partial charge on any atom is -0.507 e. The van der Waals surface area contributed by atoms with Crippen molar-refractivity contribution in [3.63, 3.8) is 0 Å².